The Hall–Kier alpha value is -2.58. The summed E-state index contributed by atoms with van der Waals surface area (Å²) in [4.78, 5) is 28.9. The molecule has 1 amide bonds. The number of anilines is 2. The number of aromatic nitrogens is 4. The van der Waals surface area contributed by atoms with Crippen molar-refractivity contribution in [3.8, 4) is 0 Å². The Labute approximate surface area is 178 Å². The van der Waals surface area contributed by atoms with Crippen molar-refractivity contribution in [3.05, 3.63) is 54.1 Å². The summed E-state index contributed by atoms with van der Waals surface area (Å²) < 4.78 is 1.94. The Morgan fingerprint density at radius 3 is 2.62 bits per heavy atom. The van der Waals surface area contributed by atoms with Crippen LogP contribution < -0.4 is 10.2 Å². The minimum Gasteiger partial charge on any atom is -0.341 e. The molecule has 1 aromatic carbocycles. The van der Waals surface area contributed by atoms with Crippen molar-refractivity contribution in [2.75, 3.05) is 23.3 Å². The van der Waals surface area contributed by atoms with Crippen molar-refractivity contribution in [2.24, 2.45) is 13.0 Å². The van der Waals surface area contributed by atoms with Crippen LogP contribution in [0.2, 0.25) is 5.02 Å². The molecule has 29 heavy (non-hydrogen) atoms. The van der Waals surface area contributed by atoms with Crippen molar-refractivity contribution in [1.82, 2.24) is 19.5 Å². The van der Waals surface area contributed by atoms with Crippen molar-refractivity contribution >= 4 is 40.9 Å². The molecule has 150 valence electrons. The van der Waals surface area contributed by atoms with Crippen LogP contribution in [0, 0.1) is 5.92 Å². The molecule has 0 saturated carbocycles. The molecule has 1 fully saturated rings. The van der Waals surface area contributed by atoms with Gasteiger partial charge in [0, 0.05) is 60.8 Å². The van der Waals surface area contributed by atoms with Gasteiger partial charge in [0.1, 0.15) is 0 Å². The highest BCUT2D eigenvalue weighted by Gasteiger charge is 2.26. The summed E-state index contributed by atoms with van der Waals surface area (Å²) in [7, 11) is 1.94. The third kappa shape index (κ3) is 4.71. The summed E-state index contributed by atoms with van der Waals surface area (Å²) >= 11 is 7.68. The summed E-state index contributed by atoms with van der Waals surface area (Å²) in [6, 6.07) is 7.32. The number of halogens is 1. The molecule has 4 rings (SSSR count). The van der Waals surface area contributed by atoms with Gasteiger partial charge in [0.25, 0.3) is 0 Å². The number of amides is 1. The zero-order chi connectivity index (χ0) is 20.2. The Bertz CT molecular complexity index is 988. The molecule has 9 heteroatoms. The summed E-state index contributed by atoms with van der Waals surface area (Å²) in [5, 5.41) is 4.51. The highest BCUT2D eigenvalue weighted by Crippen LogP contribution is 2.35. The fraction of sp³-hybridized carbons (Fsp3) is 0.300. The molecule has 7 nitrogen and oxygen atoms in total. The van der Waals surface area contributed by atoms with Crippen LogP contribution in [0.5, 0.6) is 0 Å². The van der Waals surface area contributed by atoms with Gasteiger partial charge >= 0.3 is 0 Å². The second-order valence-corrected chi connectivity index (χ2v) is 8.31. The zero-order valence-corrected chi connectivity index (χ0v) is 17.5. The average Bonchev–Trinajstić information content (AvgIpc) is 3.15. The fourth-order valence-corrected chi connectivity index (χ4v) is 4.31. The van der Waals surface area contributed by atoms with E-state index < -0.39 is 0 Å². The van der Waals surface area contributed by atoms with Gasteiger partial charge in [0.15, 0.2) is 5.16 Å². The SMILES string of the molecule is Cn1ccnc1Sc1ccc(Cl)cc1NC(=O)C1CCN(c2ncccn2)CC1. The highest BCUT2D eigenvalue weighted by atomic mass is 35.5. The van der Waals surface area contributed by atoms with Crippen LogP contribution in [-0.2, 0) is 11.8 Å². The van der Waals surface area contributed by atoms with E-state index in [0.29, 0.717) is 10.7 Å². The van der Waals surface area contributed by atoms with E-state index in [4.69, 9.17) is 11.6 Å². The Kier molecular flexibility index (Phi) is 6.01. The number of rotatable bonds is 5. The summed E-state index contributed by atoms with van der Waals surface area (Å²) in [6.07, 6.45) is 8.63. The highest BCUT2D eigenvalue weighted by molar-refractivity contribution is 7.99. The van der Waals surface area contributed by atoms with Crippen LogP contribution in [0.4, 0.5) is 11.6 Å². The first kappa shape index (κ1) is 19.7. The average molecular weight is 429 g/mol. The molecular weight excluding hydrogens is 408 g/mol. The van der Waals surface area contributed by atoms with E-state index in [-0.39, 0.29) is 11.8 Å². The number of hydrogen-bond acceptors (Lipinski definition) is 6. The minimum absolute atomic E-state index is 0.0163. The van der Waals surface area contributed by atoms with Crippen LogP contribution >= 0.6 is 23.4 Å². The van der Waals surface area contributed by atoms with E-state index in [9.17, 15) is 4.79 Å². The number of carbonyl (C=O) groups is 1. The van der Waals surface area contributed by atoms with Crippen LogP contribution in [-0.4, -0.2) is 38.5 Å². The molecule has 3 heterocycles. The quantitative estimate of drug-likeness (QED) is 0.664. The molecule has 1 N–H and O–H groups in total. The van der Waals surface area contributed by atoms with E-state index in [0.717, 1.165) is 41.9 Å². The van der Waals surface area contributed by atoms with Crippen LogP contribution in [0.15, 0.2) is 59.1 Å². The number of imidazole rings is 1. The lowest BCUT2D eigenvalue weighted by molar-refractivity contribution is -0.120. The molecule has 0 unspecified atom stereocenters. The molecule has 0 aliphatic carbocycles. The third-order valence-electron chi connectivity index (χ3n) is 4.88. The third-order valence-corrected chi connectivity index (χ3v) is 6.27. The summed E-state index contributed by atoms with van der Waals surface area (Å²) in [5.41, 5.74) is 0.712. The first-order valence-corrected chi connectivity index (χ1v) is 10.6. The molecule has 0 bridgehead atoms. The molecule has 3 aromatic rings. The lowest BCUT2D eigenvalue weighted by Gasteiger charge is -2.31. The molecule has 0 atom stereocenters. The monoisotopic (exact) mass is 428 g/mol. The Morgan fingerprint density at radius 2 is 1.93 bits per heavy atom. The first-order valence-electron chi connectivity index (χ1n) is 9.38. The van der Waals surface area contributed by atoms with Gasteiger partial charge in [-0.05, 0) is 48.9 Å². The van der Waals surface area contributed by atoms with Crippen molar-refractivity contribution in [3.63, 3.8) is 0 Å². The second kappa shape index (κ2) is 8.84. The van der Waals surface area contributed by atoms with E-state index in [2.05, 4.69) is 25.2 Å². The van der Waals surface area contributed by atoms with Gasteiger partial charge in [-0.25, -0.2) is 15.0 Å². The van der Waals surface area contributed by atoms with E-state index >= 15 is 0 Å². The molecular formula is C20H21ClN6OS. The van der Waals surface area contributed by atoms with Crippen LogP contribution in [0.25, 0.3) is 0 Å². The van der Waals surface area contributed by atoms with Gasteiger partial charge in [-0.2, -0.15) is 0 Å². The molecule has 1 aliphatic rings. The van der Waals surface area contributed by atoms with Crippen molar-refractivity contribution in [2.45, 2.75) is 22.9 Å². The molecule has 0 radical (unpaired) electrons. The number of hydrogen-bond donors (Lipinski definition) is 1. The standard InChI is InChI=1S/C20H21ClN6OS/c1-26-12-9-24-20(26)29-17-4-3-15(21)13-16(17)25-18(28)14-5-10-27(11-6-14)19-22-7-2-8-23-19/h2-4,7-9,12-14H,5-6,10-11H2,1H3,(H,25,28). The number of carbonyl (C=O) groups excluding carboxylic acids is 1. The molecule has 1 saturated heterocycles. The van der Waals surface area contributed by atoms with Crippen LogP contribution in [0.1, 0.15) is 12.8 Å². The van der Waals surface area contributed by atoms with E-state index in [1.807, 2.05) is 29.9 Å². The lowest BCUT2D eigenvalue weighted by atomic mass is 9.96. The number of benzene rings is 1. The Balaban J connectivity index is 1.42. The minimum atomic E-state index is -0.0556. The molecule has 2 aromatic heterocycles. The normalized spacial score (nSPS) is 14.8. The summed E-state index contributed by atoms with van der Waals surface area (Å²) in [6.45, 7) is 1.51. The van der Waals surface area contributed by atoms with Gasteiger partial charge in [-0.15, -0.1) is 0 Å². The van der Waals surface area contributed by atoms with Gasteiger partial charge < -0.3 is 14.8 Å². The topological polar surface area (TPSA) is 75.9 Å². The summed E-state index contributed by atoms with van der Waals surface area (Å²) in [5.74, 6) is 0.678. The predicted molar refractivity (Wildman–Crippen MR) is 114 cm³/mol. The van der Waals surface area contributed by atoms with E-state index in [1.54, 1.807) is 30.7 Å². The lowest BCUT2D eigenvalue weighted by Crippen LogP contribution is -2.39. The molecule has 0 spiro atoms. The fourth-order valence-electron chi connectivity index (χ4n) is 3.27. The maximum absolute atomic E-state index is 12.9. The number of piperidine rings is 1. The maximum atomic E-state index is 12.9. The first-order chi connectivity index (χ1) is 14.1. The van der Waals surface area contributed by atoms with Gasteiger partial charge in [0.05, 0.1) is 5.69 Å². The largest absolute Gasteiger partial charge is 0.341 e. The Morgan fingerprint density at radius 1 is 1.17 bits per heavy atom. The predicted octanol–water partition coefficient (Wildman–Crippen LogP) is 3.87. The van der Waals surface area contributed by atoms with Crippen molar-refractivity contribution in [1.29, 1.82) is 0 Å². The number of nitrogens with zero attached hydrogens (tertiary/aromatic N) is 5. The number of aryl methyl sites for hydroxylation is 1. The maximum Gasteiger partial charge on any atom is 0.227 e. The smallest absolute Gasteiger partial charge is 0.227 e. The van der Waals surface area contributed by atoms with Gasteiger partial charge in [0.2, 0.25) is 11.9 Å². The van der Waals surface area contributed by atoms with Gasteiger partial charge in [-0.3, -0.25) is 4.79 Å². The van der Waals surface area contributed by atoms with Crippen molar-refractivity contribution < 1.29 is 4.79 Å². The van der Waals surface area contributed by atoms with E-state index in [1.165, 1.54) is 11.8 Å². The van der Waals surface area contributed by atoms with Gasteiger partial charge in [-0.1, -0.05) is 11.6 Å². The second-order valence-electron chi connectivity index (χ2n) is 6.86. The number of nitrogens with one attached hydrogen (secondary N) is 1. The van der Waals surface area contributed by atoms with Crippen LogP contribution in [0.3, 0.4) is 0 Å². The zero-order valence-electron chi connectivity index (χ0n) is 16.0. The molecule has 1 aliphatic heterocycles.